The number of hydrogen-bond acceptors (Lipinski definition) is 5. The molecular weight excluding hydrogens is 270 g/mol. The first kappa shape index (κ1) is 15.6. The van der Waals surface area contributed by atoms with Gasteiger partial charge >= 0.3 is 5.97 Å². The van der Waals surface area contributed by atoms with Crippen LogP contribution < -0.4 is 14.8 Å². The fraction of sp³-hybridized carbons (Fsp3) is 0.562. The summed E-state index contributed by atoms with van der Waals surface area (Å²) in [6, 6.07) is 5.67. The van der Waals surface area contributed by atoms with E-state index in [0.29, 0.717) is 19.0 Å². The molecule has 2 atom stereocenters. The lowest BCUT2D eigenvalue weighted by Crippen LogP contribution is -2.35. The second-order valence-corrected chi connectivity index (χ2v) is 5.16. The van der Waals surface area contributed by atoms with Crippen LogP contribution in [-0.4, -0.2) is 32.3 Å². The highest BCUT2D eigenvalue weighted by Crippen LogP contribution is 2.30. The normalized spacial score (nSPS) is 19.2. The molecule has 0 bridgehead atoms. The molecule has 0 spiro atoms. The van der Waals surface area contributed by atoms with Crippen LogP contribution in [0, 0.1) is 0 Å². The van der Waals surface area contributed by atoms with Crippen LogP contribution in [0.2, 0.25) is 0 Å². The number of methoxy groups -OCH3 is 1. The third-order valence-corrected chi connectivity index (χ3v) is 3.54. The van der Waals surface area contributed by atoms with Crippen LogP contribution in [0.15, 0.2) is 18.2 Å². The lowest BCUT2D eigenvalue weighted by molar-refractivity contribution is -0.139. The zero-order valence-corrected chi connectivity index (χ0v) is 12.8. The summed E-state index contributed by atoms with van der Waals surface area (Å²) in [4.78, 5) is 11.5. The third kappa shape index (κ3) is 3.88. The van der Waals surface area contributed by atoms with Crippen molar-refractivity contribution in [1.82, 2.24) is 5.32 Å². The van der Waals surface area contributed by atoms with E-state index in [1.807, 2.05) is 25.1 Å². The fourth-order valence-corrected chi connectivity index (χ4v) is 2.33. The minimum Gasteiger partial charge on any atom is -0.493 e. The molecule has 0 aliphatic carbocycles. The monoisotopic (exact) mass is 293 g/mol. The quantitative estimate of drug-likeness (QED) is 0.783. The number of benzene rings is 1. The predicted octanol–water partition coefficient (Wildman–Crippen LogP) is 2.45. The molecule has 0 radical (unpaired) electrons. The van der Waals surface area contributed by atoms with Crippen molar-refractivity contribution in [3.63, 3.8) is 0 Å². The third-order valence-electron chi connectivity index (χ3n) is 3.54. The van der Waals surface area contributed by atoms with Crippen molar-refractivity contribution in [1.29, 1.82) is 0 Å². The Bertz CT molecular complexity index is 489. The molecule has 0 amide bonds. The maximum absolute atomic E-state index is 11.5. The molecule has 21 heavy (non-hydrogen) atoms. The van der Waals surface area contributed by atoms with Crippen LogP contribution in [0.4, 0.5) is 0 Å². The largest absolute Gasteiger partial charge is 0.493 e. The van der Waals surface area contributed by atoms with Gasteiger partial charge in [0.05, 0.1) is 20.3 Å². The number of ether oxygens (including phenoxy) is 3. The Labute approximate surface area is 125 Å². The molecule has 1 aliphatic rings. The van der Waals surface area contributed by atoms with Gasteiger partial charge in [0.15, 0.2) is 11.5 Å². The van der Waals surface area contributed by atoms with Crippen molar-refractivity contribution in [2.75, 3.05) is 20.3 Å². The van der Waals surface area contributed by atoms with Crippen LogP contribution in [0.3, 0.4) is 0 Å². The first-order chi connectivity index (χ1) is 10.2. The van der Waals surface area contributed by atoms with E-state index in [9.17, 15) is 4.79 Å². The number of nitrogens with one attached hydrogen (secondary N) is 1. The number of hydrogen-bond donors (Lipinski definition) is 1. The van der Waals surface area contributed by atoms with Crippen molar-refractivity contribution in [2.24, 2.45) is 0 Å². The molecule has 2 unspecified atom stereocenters. The Kier molecular flexibility index (Phi) is 5.44. The average molecular weight is 293 g/mol. The number of rotatable bonds is 7. The molecule has 1 saturated heterocycles. The summed E-state index contributed by atoms with van der Waals surface area (Å²) in [7, 11) is 1.63. The first-order valence-electron chi connectivity index (χ1n) is 7.39. The van der Waals surface area contributed by atoms with Crippen molar-refractivity contribution >= 4 is 5.97 Å². The molecule has 1 fully saturated rings. The van der Waals surface area contributed by atoms with Crippen molar-refractivity contribution in [3.05, 3.63) is 23.8 Å². The minimum atomic E-state index is -0.220. The van der Waals surface area contributed by atoms with Gasteiger partial charge in [0.25, 0.3) is 0 Å². The summed E-state index contributed by atoms with van der Waals surface area (Å²) >= 11 is 0. The van der Waals surface area contributed by atoms with Crippen LogP contribution in [0.25, 0.3) is 0 Å². The topological polar surface area (TPSA) is 56.8 Å². The Morgan fingerprint density at radius 2 is 2.24 bits per heavy atom. The first-order valence-corrected chi connectivity index (χ1v) is 7.39. The standard InChI is InChI=1S/C16H23NO4/c1-4-8-20-14-6-5-12(10-15(14)19-3)11(2)17-13-7-9-21-16(13)18/h5-6,10-11,13,17H,4,7-9H2,1-3H3. The van der Waals surface area contributed by atoms with E-state index in [2.05, 4.69) is 12.2 Å². The Morgan fingerprint density at radius 1 is 1.43 bits per heavy atom. The van der Waals surface area contributed by atoms with Gasteiger partial charge in [-0.25, -0.2) is 0 Å². The number of cyclic esters (lactones) is 1. The molecule has 1 heterocycles. The van der Waals surface area contributed by atoms with Gasteiger partial charge in [0, 0.05) is 12.5 Å². The highest BCUT2D eigenvalue weighted by Gasteiger charge is 2.27. The van der Waals surface area contributed by atoms with Gasteiger partial charge in [-0.15, -0.1) is 0 Å². The zero-order chi connectivity index (χ0) is 15.2. The van der Waals surface area contributed by atoms with Gasteiger partial charge in [-0.05, 0) is 31.0 Å². The Balaban J connectivity index is 2.06. The summed E-state index contributed by atoms with van der Waals surface area (Å²) in [5.41, 5.74) is 1.05. The Hall–Kier alpha value is -1.75. The smallest absolute Gasteiger partial charge is 0.323 e. The highest BCUT2D eigenvalue weighted by atomic mass is 16.5. The van der Waals surface area contributed by atoms with Gasteiger partial charge in [-0.2, -0.15) is 0 Å². The van der Waals surface area contributed by atoms with Crippen molar-refractivity contribution in [2.45, 2.75) is 38.8 Å². The van der Waals surface area contributed by atoms with E-state index < -0.39 is 0 Å². The van der Waals surface area contributed by atoms with Crippen molar-refractivity contribution in [3.8, 4) is 11.5 Å². The average Bonchev–Trinajstić information content (AvgIpc) is 2.90. The summed E-state index contributed by atoms with van der Waals surface area (Å²) in [5.74, 6) is 1.29. The van der Waals surface area contributed by atoms with E-state index in [-0.39, 0.29) is 18.1 Å². The predicted molar refractivity (Wildman–Crippen MR) is 79.7 cm³/mol. The lowest BCUT2D eigenvalue weighted by atomic mass is 10.1. The second-order valence-electron chi connectivity index (χ2n) is 5.16. The molecular formula is C16H23NO4. The van der Waals surface area contributed by atoms with Crippen molar-refractivity contribution < 1.29 is 19.0 Å². The van der Waals surface area contributed by atoms with Gasteiger partial charge in [0.2, 0.25) is 0 Å². The molecule has 2 rings (SSSR count). The van der Waals surface area contributed by atoms with Gasteiger partial charge < -0.3 is 14.2 Å². The highest BCUT2D eigenvalue weighted by molar-refractivity contribution is 5.77. The summed E-state index contributed by atoms with van der Waals surface area (Å²) < 4.78 is 16.0. The van der Waals surface area contributed by atoms with Crippen LogP contribution in [0.1, 0.15) is 38.3 Å². The molecule has 0 aromatic heterocycles. The summed E-state index contributed by atoms with van der Waals surface area (Å²) in [6.45, 7) is 5.24. The number of esters is 1. The Morgan fingerprint density at radius 3 is 2.86 bits per heavy atom. The lowest BCUT2D eigenvalue weighted by Gasteiger charge is -2.19. The molecule has 5 heteroatoms. The van der Waals surface area contributed by atoms with Crippen LogP contribution in [-0.2, 0) is 9.53 Å². The summed E-state index contributed by atoms with van der Waals surface area (Å²) in [5, 5.41) is 3.29. The molecule has 0 saturated carbocycles. The maximum atomic E-state index is 11.5. The van der Waals surface area contributed by atoms with Crippen LogP contribution >= 0.6 is 0 Å². The van der Waals surface area contributed by atoms with Gasteiger partial charge in [-0.3, -0.25) is 10.1 Å². The SMILES string of the molecule is CCCOc1ccc(C(C)NC2CCOC2=O)cc1OC. The molecule has 1 N–H and O–H groups in total. The summed E-state index contributed by atoms with van der Waals surface area (Å²) in [6.07, 6.45) is 1.67. The van der Waals surface area contributed by atoms with E-state index >= 15 is 0 Å². The molecule has 1 aliphatic heterocycles. The van der Waals surface area contributed by atoms with Crippen LogP contribution in [0.5, 0.6) is 11.5 Å². The van der Waals surface area contributed by atoms with E-state index in [4.69, 9.17) is 14.2 Å². The van der Waals surface area contributed by atoms with E-state index in [1.165, 1.54) is 0 Å². The molecule has 1 aromatic carbocycles. The maximum Gasteiger partial charge on any atom is 0.323 e. The van der Waals surface area contributed by atoms with E-state index in [1.54, 1.807) is 7.11 Å². The number of carbonyl (C=O) groups excluding carboxylic acids is 1. The minimum absolute atomic E-state index is 0.0368. The molecule has 5 nitrogen and oxygen atoms in total. The molecule has 1 aromatic rings. The fourth-order valence-electron chi connectivity index (χ4n) is 2.33. The number of carbonyl (C=O) groups is 1. The second kappa shape index (κ2) is 7.31. The zero-order valence-electron chi connectivity index (χ0n) is 12.8. The molecule has 116 valence electrons. The van der Waals surface area contributed by atoms with Gasteiger partial charge in [-0.1, -0.05) is 13.0 Å². The van der Waals surface area contributed by atoms with E-state index in [0.717, 1.165) is 24.2 Å². The van der Waals surface area contributed by atoms with Gasteiger partial charge in [0.1, 0.15) is 6.04 Å².